The van der Waals surface area contributed by atoms with Crippen LogP contribution in [0.4, 0.5) is 17.2 Å². The Morgan fingerprint density at radius 2 is 1.43 bits per heavy atom. The van der Waals surface area contributed by atoms with E-state index in [4.69, 9.17) is 10.5 Å². The molecule has 30 heavy (non-hydrogen) atoms. The molecule has 1 aromatic heterocycles. The molecule has 0 bridgehead atoms. The Hall–Kier alpha value is -4.27. The third-order valence-corrected chi connectivity index (χ3v) is 4.68. The molecule has 0 atom stereocenters. The molecule has 5 N–H and O–H groups in total. The SMILES string of the molecule is COc1ccc(N(C)c2ccc(-c3c(C(=O)O)c(N)[nH]c(=O)c3C(=O)O)cc2)cc1. The van der Waals surface area contributed by atoms with Gasteiger partial charge in [-0.2, -0.15) is 0 Å². The summed E-state index contributed by atoms with van der Waals surface area (Å²) in [5, 5.41) is 19.0. The first-order valence-corrected chi connectivity index (χ1v) is 8.75. The topological polar surface area (TPSA) is 146 Å². The van der Waals surface area contributed by atoms with Gasteiger partial charge in [-0.15, -0.1) is 0 Å². The Balaban J connectivity index is 2.09. The van der Waals surface area contributed by atoms with E-state index in [0.717, 1.165) is 17.1 Å². The summed E-state index contributed by atoms with van der Waals surface area (Å²) in [7, 11) is 3.42. The Kier molecular flexibility index (Phi) is 5.45. The molecule has 0 fully saturated rings. The molecule has 0 unspecified atom stereocenters. The number of carbonyl (C=O) groups is 2. The van der Waals surface area contributed by atoms with Crippen LogP contribution in [0.2, 0.25) is 0 Å². The van der Waals surface area contributed by atoms with Crippen LogP contribution in [0.1, 0.15) is 20.7 Å². The standard InChI is InChI=1S/C21H19N3O6/c1-24(13-7-9-14(30-2)10-8-13)12-5-3-11(4-6-12)15-16(20(26)27)18(22)23-19(25)17(15)21(28)29/h3-10H,1-2H3,(H,26,27)(H,28,29)(H3,22,23,25). The lowest BCUT2D eigenvalue weighted by atomic mass is 9.95. The van der Waals surface area contributed by atoms with Crippen molar-refractivity contribution in [1.29, 1.82) is 0 Å². The van der Waals surface area contributed by atoms with Crippen LogP contribution in [0.15, 0.2) is 53.3 Å². The molecule has 9 nitrogen and oxygen atoms in total. The molecule has 154 valence electrons. The van der Waals surface area contributed by atoms with Crippen molar-refractivity contribution in [2.45, 2.75) is 0 Å². The number of nitrogen functional groups attached to an aromatic ring is 1. The Labute approximate surface area is 171 Å². The summed E-state index contributed by atoms with van der Waals surface area (Å²) in [6.07, 6.45) is 0. The van der Waals surface area contributed by atoms with Gasteiger partial charge in [0.15, 0.2) is 0 Å². The predicted octanol–water partition coefficient (Wildman–Crippen LogP) is 2.80. The van der Waals surface area contributed by atoms with Crippen molar-refractivity contribution >= 4 is 29.1 Å². The molecule has 0 amide bonds. The van der Waals surface area contributed by atoms with E-state index >= 15 is 0 Å². The third kappa shape index (κ3) is 3.68. The number of aromatic nitrogens is 1. The molecule has 1 heterocycles. The van der Waals surface area contributed by atoms with Gasteiger partial charge in [-0.1, -0.05) is 12.1 Å². The second kappa shape index (κ2) is 8.00. The van der Waals surface area contributed by atoms with Gasteiger partial charge < -0.3 is 30.6 Å². The number of aromatic carboxylic acids is 2. The summed E-state index contributed by atoms with van der Waals surface area (Å²) in [6.45, 7) is 0. The van der Waals surface area contributed by atoms with Crippen LogP contribution in [0.3, 0.4) is 0 Å². The first-order chi connectivity index (χ1) is 14.2. The van der Waals surface area contributed by atoms with E-state index in [1.807, 2.05) is 36.2 Å². The summed E-state index contributed by atoms with van der Waals surface area (Å²) < 4.78 is 5.15. The highest BCUT2D eigenvalue weighted by Gasteiger charge is 2.26. The summed E-state index contributed by atoms with van der Waals surface area (Å²) >= 11 is 0. The highest BCUT2D eigenvalue weighted by atomic mass is 16.5. The lowest BCUT2D eigenvalue weighted by Gasteiger charge is -2.20. The largest absolute Gasteiger partial charge is 0.497 e. The monoisotopic (exact) mass is 409 g/mol. The summed E-state index contributed by atoms with van der Waals surface area (Å²) in [5.74, 6) is -2.68. The number of H-pyrrole nitrogens is 1. The lowest BCUT2D eigenvalue weighted by molar-refractivity contribution is 0.0695. The molecule has 0 aliphatic carbocycles. The minimum atomic E-state index is -1.55. The first-order valence-electron chi connectivity index (χ1n) is 8.75. The second-order valence-electron chi connectivity index (χ2n) is 6.41. The van der Waals surface area contributed by atoms with E-state index in [9.17, 15) is 24.6 Å². The number of ether oxygens (including phenoxy) is 1. The van der Waals surface area contributed by atoms with Crippen molar-refractivity contribution in [3.05, 3.63) is 70.0 Å². The van der Waals surface area contributed by atoms with Crippen LogP contribution < -0.4 is 20.9 Å². The normalized spacial score (nSPS) is 10.5. The quantitative estimate of drug-likeness (QED) is 0.486. The van der Waals surface area contributed by atoms with Crippen molar-refractivity contribution in [2.75, 3.05) is 24.8 Å². The van der Waals surface area contributed by atoms with Gasteiger partial charge in [0.05, 0.1) is 7.11 Å². The molecular formula is C21H19N3O6. The van der Waals surface area contributed by atoms with E-state index < -0.39 is 34.4 Å². The van der Waals surface area contributed by atoms with Crippen LogP contribution in [0.25, 0.3) is 11.1 Å². The molecule has 9 heteroatoms. The smallest absolute Gasteiger partial charge is 0.342 e. The zero-order valence-electron chi connectivity index (χ0n) is 16.2. The summed E-state index contributed by atoms with van der Waals surface area (Å²) in [6, 6.07) is 13.8. The van der Waals surface area contributed by atoms with Crippen molar-refractivity contribution in [3.8, 4) is 16.9 Å². The number of carboxylic acid groups (broad SMARTS) is 2. The zero-order valence-corrected chi connectivity index (χ0v) is 16.2. The molecule has 3 aromatic rings. The number of anilines is 3. The third-order valence-electron chi connectivity index (χ3n) is 4.68. The molecule has 0 saturated carbocycles. The van der Waals surface area contributed by atoms with Crippen molar-refractivity contribution in [3.63, 3.8) is 0 Å². The molecule has 0 saturated heterocycles. The van der Waals surface area contributed by atoms with Gasteiger partial charge in [-0.25, -0.2) is 9.59 Å². The first kappa shape index (κ1) is 20.5. The minimum Gasteiger partial charge on any atom is -0.497 e. The number of nitrogens with zero attached hydrogens (tertiary/aromatic N) is 1. The summed E-state index contributed by atoms with van der Waals surface area (Å²) in [5.41, 5.74) is 5.18. The fraction of sp³-hybridized carbons (Fsp3) is 0.0952. The van der Waals surface area contributed by atoms with Gasteiger partial charge in [0, 0.05) is 24.0 Å². The highest BCUT2D eigenvalue weighted by molar-refractivity contribution is 6.07. The van der Waals surface area contributed by atoms with Gasteiger partial charge in [0.25, 0.3) is 5.56 Å². The van der Waals surface area contributed by atoms with Gasteiger partial charge >= 0.3 is 11.9 Å². The average molecular weight is 409 g/mol. The van der Waals surface area contributed by atoms with Gasteiger partial charge in [0.1, 0.15) is 22.7 Å². The molecule has 0 aliphatic heterocycles. The van der Waals surface area contributed by atoms with Crippen LogP contribution in [-0.4, -0.2) is 41.3 Å². The predicted molar refractivity (Wildman–Crippen MR) is 112 cm³/mol. The summed E-state index contributed by atoms with van der Waals surface area (Å²) in [4.78, 5) is 39.4. The Morgan fingerprint density at radius 1 is 0.933 bits per heavy atom. The van der Waals surface area contributed by atoms with Crippen molar-refractivity contribution in [1.82, 2.24) is 4.98 Å². The second-order valence-corrected chi connectivity index (χ2v) is 6.41. The van der Waals surface area contributed by atoms with E-state index in [1.165, 1.54) is 0 Å². The zero-order chi connectivity index (χ0) is 22.0. The molecule has 0 radical (unpaired) electrons. The van der Waals surface area contributed by atoms with Crippen LogP contribution in [0.5, 0.6) is 5.75 Å². The van der Waals surface area contributed by atoms with Crippen LogP contribution in [-0.2, 0) is 0 Å². The van der Waals surface area contributed by atoms with Crippen LogP contribution in [0, 0.1) is 0 Å². The maximum Gasteiger partial charge on any atom is 0.342 e. The van der Waals surface area contributed by atoms with Gasteiger partial charge in [-0.05, 0) is 42.0 Å². The number of methoxy groups -OCH3 is 1. The number of pyridine rings is 1. The maximum absolute atomic E-state index is 12.1. The number of nitrogens with two attached hydrogens (primary N) is 1. The molecular weight excluding hydrogens is 390 g/mol. The number of rotatable bonds is 6. The fourth-order valence-corrected chi connectivity index (χ4v) is 3.14. The number of aromatic amines is 1. The number of nitrogens with one attached hydrogen (secondary N) is 1. The van der Waals surface area contributed by atoms with Gasteiger partial charge in [0.2, 0.25) is 0 Å². The number of hydrogen-bond acceptors (Lipinski definition) is 6. The van der Waals surface area contributed by atoms with Gasteiger partial charge in [-0.3, -0.25) is 4.79 Å². The Bertz CT molecular complexity index is 1170. The lowest BCUT2D eigenvalue weighted by Crippen LogP contribution is -2.24. The highest BCUT2D eigenvalue weighted by Crippen LogP contribution is 2.32. The van der Waals surface area contributed by atoms with Crippen molar-refractivity contribution in [2.24, 2.45) is 0 Å². The van der Waals surface area contributed by atoms with E-state index in [2.05, 4.69) is 4.98 Å². The number of carboxylic acids is 2. The molecule has 0 aliphatic rings. The molecule has 3 rings (SSSR count). The molecule has 2 aromatic carbocycles. The number of benzene rings is 2. The average Bonchev–Trinajstić information content (AvgIpc) is 2.72. The molecule has 0 spiro atoms. The minimum absolute atomic E-state index is 0.241. The Morgan fingerprint density at radius 3 is 1.90 bits per heavy atom. The van der Waals surface area contributed by atoms with E-state index in [0.29, 0.717) is 0 Å². The number of hydrogen-bond donors (Lipinski definition) is 4. The fourth-order valence-electron chi connectivity index (χ4n) is 3.14. The van der Waals surface area contributed by atoms with Crippen LogP contribution >= 0.6 is 0 Å². The van der Waals surface area contributed by atoms with Crippen molar-refractivity contribution < 1.29 is 24.5 Å². The van der Waals surface area contributed by atoms with E-state index in [1.54, 1.807) is 31.4 Å². The maximum atomic E-state index is 12.1. The van der Waals surface area contributed by atoms with E-state index in [-0.39, 0.29) is 11.1 Å².